The van der Waals surface area contributed by atoms with Gasteiger partial charge in [0.05, 0.1) is 18.0 Å². The van der Waals surface area contributed by atoms with Crippen molar-refractivity contribution in [2.45, 2.75) is 26.0 Å². The minimum absolute atomic E-state index is 0.0669. The summed E-state index contributed by atoms with van der Waals surface area (Å²) in [5, 5.41) is 18.9. The summed E-state index contributed by atoms with van der Waals surface area (Å²) in [6.45, 7) is 1.81. The molecule has 0 unspecified atom stereocenters. The van der Waals surface area contributed by atoms with Gasteiger partial charge in [-0.15, -0.1) is 0 Å². The number of benzene rings is 1. The molecule has 0 spiro atoms. The summed E-state index contributed by atoms with van der Waals surface area (Å²) >= 11 is 5.85. The van der Waals surface area contributed by atoms with Crippen LogP contribution >= 0.6 is 11.6 Å². The first-order chi connectivity index (χ1) is 12.8. The molecule has 2 heterocycles. The van der Waals surface area contributed by atoms with Gasteiger partial charge in [0.1, 0.15) is 6.54 Å². The van der Waals surface area contributed by atoms with Gasteiger partial charge >= 0.3 is 0 Å². The number of halogens is 1. The Morgan fingerprint density at radius 1 is 1.30 bits per heavy atom. The molecular weight excluding hydrogens is 370 g/mol. The lowest BCUT2D eigenvalue weighted by atomic mass is 10.1. The molecule has 2 aromatic heterocycles. The third-order valence-electron chi connectivity index (χ3n) is 4.17. The van der Waals surface area contributed by atoms with Crippen LogP contribution in [-0.4, -0.2) is 39.1 Å². The first kappa shape index (κ1) is 19.1. The average Bonchev–Trinajstić information content (AvgIpc) is 3.06. The van der Waals surface area contributed by atoms with E-state index in [0.29, 0.717) is 22.0 Å². The van der Waals surface area contributed by atoms with Gasteiger partial charge in [0, 0.05) is 31.1 Å². The molecule has 0 aliphatic carbocycles. The molecule has 0 saturated heterocycles. The zero-order valence-corrected chi connectivity index (χ0v) is 16.0. The molecule has 0 saturated carbocycles. The van der Waals surface area contributed by atoms with Gasteiger partial charge in [-0.05, 0) is 24.6 Å². The molecule has 8 nitrogen and oxygen atoms in total. The topological polar surface area (TPSA) is 97.3 Å². The minimum Gasteiger partial charge on any atom is -0.388 e. The molecule has 1 aromatic carbocycles. The van der Waals surface area contributed by atoms with Crippen molar-refractivity contribution in [2.75, 3.05) is 19.0 Å². The van der Waals surface area contributed by atoms with Crippen molar-refractivity contribution >= 4 is 17.3 Å². The van der Waals surface area contributed by atoms with E-state index in [4.69, 9.17) is 16.1 Å². The SMILES string of the molecule is Cc1c(N(C)C)cnn(Cc2nc(C[C@H](O)c3ccc(Cl)cc3)no2)c1=O. The molecule has 142 valence electrons. The third-order valence-corrected chi connectivity index (χ3v) is 4.42. The number of hydrogen-bond acceptors (Lipinski definition) is 7. The van der Waals surface area contributed by atoms with Gasteiger partial charge in [0.15, 0.2) is 5.82 Å². The van der Waals surface area contributed by atoms with Crippen molar-refractivity contribution in [1.29, 1.82) is 0 Å². The smallest absolute Gasteiger partial charge is 0.272 e. The Hall–Kier alpha value is -2.71. The fourth-order valence-electron chi connectivity index (χ4n) is 2.68. The molecule has 1 atom stereocenters. The molecule has 3 aromatic rings. The van der Waals surface area contributed by atoms with Crippen LogP contribution in [0.3, 0.4) is 0 Å². The molecule has 0 bridgehead atoms. The molecular formula is C18H20ClN5O3. The van der Waals surface area contributed by atoms with Crippen LogP contribution in [0.25, 0.3) is 0 Å². The van der Waals surface area contributed by atoms with Gasteiger partial charge in [-0.1, -0.05) is 28.9 Å². The van der Waals surface area contributed by atoms with Gasteiger partial charge in [-0.25, -0.2) is 4.68 Å². The Labute approximate surface area is 161 Å². The van der Waals surface area contributed by atoms with Gasteiger partial charge in [-0.2, -0.15) is 10.1 Å². The largest absolute Gasteiger partial charge is 0.388 e. The second kappa shape index (κ2) is 7.89. The van der Waals surface area contributed by atoms with Crippen molar-refractivity contribution in [3.63, 3.8) is 0 Å². The number of hydrogen-bond donors (Lipinski definition) is 1. The second-order valence-electron chi connectivity index (χ2n) is 6.39. The van der Waals surface area contributed by atoms with Crippen LogP contribution in [0, 0.1) is 6.92 Å². The average molecular weight is 390 g/mol. The highest BCUT2D eigenvalue weighted by Crippen LogP contribution is 2.19. The Morgan fingerprint density at radius 3 is 2.67 bits per heavy atom. The summed E-state index contributed by atoms with van der Waals surface area (Å²) in [5.41, 5.74) is 1.84. The first-order valence-corrected chi connectivity index (χ1v) is 8.72. The lowest BCUT2D eigenvalue weighted by Crippen LogP contribution is -2.28. The van der Waals surface area contributed by atoms with E-state index in [-0.39, 0.29) is 24.4 Å². The molecule has 3 rings (SSSR count). The summed E-state index contributed by atoms with van der Waals surface area (Å²) in [5.74, 6) is 0.599. The van der Waals surface area contributed by atoms with Gasteiger partial charge in [0.2, 0.25) is 5.89 Å². The number of rotatable bonds is 6. The fraction of sp³-hybridized carbons (Fsp3) is 0.333. The van der Waals surface area contributed by atoms with Crippen molar-refractivity contribution in [2.24, 2.45) is 0 Å². The second-order valence-corrected chi connectivity index (χ2v) is 6.82. The van der Waals surface area contributed by atoms with Gasteiger partial charge in [0.25, 0.3) is 5.56 Å². The highest BCUT2D eigenvalue weighted by molar-refractivity contribution is 6.30. The molecule has 0 fully saturated rings. The van der Waals surface area contributed by atoms with Crippen molar-refractivity contribution in [1.82, 2.24) is 19.9 Å². The number of aliphatic hydroxyl groups is 1. The molecule has 0 amide bonds. The summed E-state index contributed by atoms with van der Waals surface area (Å²) in [7, 11) is 3.70. The van der Waals surface area contributed by atoms with Crippen molar-refractivity contribution in [3.05, 3.63) is 68.7 Å². The molecule has 9 heteroatoms. The predicted molar refractivity (Wildman–Crippen MR) is 101 cm³/mol. The van der Waals surface area contributed by atoms with Crippen LogP contribution in [0.4, 0.5) is 5.69 Å². The van der Waals surface area contributed by atoms with Crippen molar-refractivity contribution < 1.29 is 9.63 Å². The summed E-state index contributed by atoms with van der Waals surface area (Å²) in [4.78, 5) is 18.5. The zero-order valence-electron chi connectivity index (χ0n) is 15.3. The number of anilines is 1. The maximum Gasteiger partial charge on any atom is 0.272 e. The Morgan fingerprint density at radius 2 is 2.00 bits per heavy atom. The summed E-state index contributed by atoms with van der Waals surface area (Å²) in [6, 6.07) is 6.90. The zero-order chi connectivity index (χ0) is 19.6. The fourth-order valence-corrected chi connectivity index (χ4v) is 2.81. The predicted octanol–water partition coefficient (Wildman–Crippen LogP) is 1.98. The van der Waals surface area contributed by atoms with Crippen LogP contribution in [0.1, 0.15) is 28.9 Å². The van der Waals surface area contributed by atoms with Gasteiger partial charge in [-0.3, -0.25) is 4.79 Å². The Balaban J connectivity index is 1.72. The van der Waals surface area contributed by atoms with Crippen LogP contribution in [0.5, 0.6) is 0 Å². The Kier molecular flexibility index (Phi) is 5.57. The quantitative estimate of drug-likeness (QED) is 0.688. The van der Waals surface area contributed by atoms with E-state index in [1.807, 2.05) is 19.0 Å². The molecule has 0 radical (unpaired) electrons. The van der Waals surface area contributed by atoms with E-state index in [0.717, 1.165) is 5.69 Å². The molecule has 0 aliphatic rings. The summed E-state index contributed by atoms with van der Waals surface area (Å²) < 4.78 is 6.47. The normalized spacial score (nSPS) is 12.2. The first-order valence-electron chi connectivity index (χ1n) is 8.34. The van der Waals surface area contributed by atoms with E-state index in [1.165, 1.54) is 4.68 Å². The third kappa shape index (κ3) is 4.35. The van der Waals surface area contributed by atoms with Gasteiger partial charge < -0.3 is 14.5 Å². The van der Waals surface area contributed by atoms with Crippen LogP contribution in [0.15, 0.2) is 39.8 Å². The molecule has 1 N–H and O–H groups in total. The molecule has 0 aliphatic heterocycles. The minimum atomic E-state index is -0.782. The van der Waals surface area contributed by atoms with E-state index in [2.05, 4.69) is 15.2 Å². The number of aromatic nitrogens is 4. The van der Waals surface area contributed by atoms with Crippen LogP contribution in [0.2, 0.25) is 5.02 Å². The van der Waals surface area contributed by atoms with Crippen LogP contribution < -0.4 is 10.5 Å². The van der Waals surface area contributed by atoms with Crippen molar-refractivity contribution in [3.8, 4) is 0 Å². The standard InChI is InChI=1S/C18H20ClN5O3/c1-11-14(23(2)3)9-20-24(18(11)26)10-17-21-16(22-27-17)8-15(25)12-4-6-13(19)7-5-12/h4-7,9,15,25H,8,10H2,1-3H3/t15-/m0/s1. The maximum atomic E-state index is 12.4. The Bertz CT molecular complexity index is 981. The van der Waals surface area contributed by atoms with E-state index in [1.54, 1.807) is 37.4 Å². The van der Waals surface area contributed by atoms with E-state index < -0.39 is 6.10 Å². The highest BCUT2D eigenvalue weighted by Gasteiger charge is 2.16. The lowest BCUT2D eigenvalue weighted by molar-refractivity contribution is 0.174. The van der Waals surface area contributed by atoms with E-state index in [9.17, 15) is 9.90 Å². The number of aliphatic hydroxyl groups excluding tert-OH is 1. The maximum absolute atomic E-state index is 12.4. The van der Waals surface area contributed by atoms with Crippen LogP contribution in [-0.2, 0) is 13.0 Å². The summed E-state index contributed by atoms with van der Waals surface area (Å²) in [6.07, 6.45) is 1.03. The lowest BCUT2D eigenvalue weighted by Gasteiger charge is -2.15. The molecule has 27 heavy (non-hydrogen) atoms. The van der Waals surface area contributed by atoms with E-state index >= 15 is 0 Å². The number of nitrogens with zero attached hydrogens (tertiary/aromatic N) is 5. The monoisotopic (exact) mass is 389 g/mol. The highest BCUT2D eigenvalue weighted by atomic mass is 35.5.